The summed E-state index contributed by atoms with van der Waals surface area (Å²) in [6.07, 6.45) is 2.51. The number of H-pyrrole nitrogens is 1. The van der Waals surface area contributed by atoms with E-state index in [0.717, 1.165) is 17.9 Å². The average Bonchev–Trinajstić information content (AvgIpc) is 2.85. The van der Waals surface area contributed by atoms with E-state index in [1.165, 1.54) is 19.4 Å². The zero-order chi connectivity index (χ0) is 9.97. The topological polar surface area (TPSA) is 57.9 Å². The Morgan fingerprint density at radius 3 is 3.21 bits per heavy atom. The van der Waals surface area contributed by atoms with Crippen LogP contribution >= 0.6 is 0 Å². The standard InChI is InChI=1S/C10H18N4/c1-2-14-5-3-4-10(14)9-6-8(7-11)12-13-9/h6,10H,2-5,7,11H2,1H3,(H,12,13). The van der Waals surface area contributed by atoms with Crippen molar-refractivity contribution in [1.82, 2.24) is 15.1 Å². The molecule has 2 heterocycles. The summed E-state index contributed by atoms with van der Waals surface area (Å²) >= 11 is 0. The second-order valence-electron chi connectivity index (χ2n) is 3.81. The third-order valence-corrected chi connectivity index (χ3v) is 2.98. The number of hydrogen-bond donors (Lipinski definition) is 2. The molecule has 3 N–H and O–H groups in total. The fraction of sp³-hybridized carbons (Fsp3) is 0.700. The van der Waals surface area contributed by atoms with Crippen LogP contribution in [0.25, 0.3) is 0 Å². The van der Waals surface area contributed by atoms with Gasteiger partial charge in [-0.3, -0.25) is 10.00 Å². The van der Waals surface area contributed by atoms with Gasteiger partial charge in [-0.15, -0.1) is 0 Å². The molecule has 0 saturated carbocycles. The molecule has 1 fully saturated rings. The van der Waals surface area contributed by atoms with E-state index < -0.39 is 0 Å². The first-order valence-electron chi connectivity index (χ1n) is 5.33. The van der Waals surface area contributed by atoms with Crippen LogP contribution in [0.3, 0.4) is 0 Å². The fourth-order valence-corrected chi connectivity index (χ4v) is 2.19. The van der Waals surface area contributed by atoms with Gasteiger partial charge in [0.05, 0.1) is 11.7 Å². The highest BCUT2D eigenvalue weighted by Gasteiger charge is 2.26. The maximum Gasteiger partial charge on any atom is 0.0797 e. The minimum Gasteiger partial charge on any atom is -0.325 e. The van der Waals surface area contributed by atoms with Gasteiger partial charge in [-0.2, -0.15) is 5.10 Å². The molecule has 2 rings (SSSR count). The van der Waals surface area contributed by atoms with E-state index in [0.29, 0.717) is 12.6 Å². The van der Waals surface area contributed by atoms with Gasteiger partial charge in [-0.05, 0) is 32.0 Å². The molecule has 1 aromatic rings. The summed E-state index contributed by atoms with van der Waals surface area (Å²) in [6, 6.07) is 2.61. The second-order valence-corrected chi connectivity index (χ2v) is 3.81. The van der Waals surface area contributed by atoms with Gasteiger partial charge in [-0.25, -0.2) is 0 Å². The predicted molar refractivity (Wildman–Crippen MR) is 55.7 cm³/mol. The number of nitrogens with two attached hydrogens (primary N) is 1. The Labute approximate surface area is 84.5 Å². The lowest BCUT2D eigenvalue weighted by molar-refractivity contribution is 0.267. The molecule has 1 aliphatic heterocycles. The molecule has 0 aliphatic carbocycles. The SMILES string of the molecule is CCN1CCCC1c1cc(CN)[nH]n1. The molecule has 1 saturated heterocycles. The van der Waals surface area contributed by atoms with Crippen LogP contribution < -0.4 is 5.73 Å². The number of likely N-dealkylation sites (tertiary alicyclic amines) is 1. The van der Waals surface area contributed by atoms with Gasteiger partial charge >= 0.3 is 0 Å². The number of aromatic amines is 1. The van der Waals surface area contributed by atoms with Crippen molar-refractivity contribution in [3.05, 3.63) is 17.5 Å². The molecule has 4 heteroatoms. The largest absolute Gasteiger partial charge is 0.325 e. The first kappa shape index (κ1) is 9.68. The average molecular weight is 194 g/mol. The highest BCUT2D eigenvalue weighted by atomic mass is 15.2. The number of hydrogen-bond acceptors (Lipinski definition) is 3. The minimum absolute atomic E-state index is 0.511. The zero-order valence-corrected chi connectivity index (χ0v) is 8.66. The summed E-state index contributed by atoms with van der Waals surface area (Å²) in [6.45, 7) is 5.06. The molecule has 1 aromatic heterocycles. The monoisotopic (exact) mass is 194 g/mol. The molecule has 1 unspecified atom stereocenters. The first-order chi connectivity index (χ1) is 6.85. The lowest BCUT2D eigenvalue weighted by Gasteiger charge is -2.20. The van der Waals surface area contributed by atoms with Crippen LogP contribution in [-0.4, -0.2) is 28.2 Å². The van der Waals surface area contributed by atoms with Gasteiger partial charge in [0.15, 0.2) is 0 Å². The van der Waals surface area contributed by atoms with Gasteiger partial charge in [0.2, 0.25) is 0 Å². The van der Waals surface area contributed by atoms with Crippen molar-refractivity contribution in [1.29, 1.82) is 0 Å². The molecule has 0 amide bonds. The molecule has 78 valence electrons. The molecular weight excluding hydrogens is 176 g/mol. The van der Waals surface area contributed by atoms with Crippen molar-refractivity contribution in [2.75, 3.05) is 13.1 Å². The molecule has 0 aromatic carbocycles. The second kappa shape index (κ2) is 4.11. The quantitative estimate of drug-likeness (QED) is 0.755. The Morgan fingerprint density at radius 1 is 1.71 bits per heavy atom. The highest BCUT2D eigenvalue weighted by Crippen LogP contribution is 2.30. The van der Waals surface area contributed by atoms with Gasteiger partial charge in [0, 0.05) is 12.2 Å². The van der Waals surface area contributed by atoms with E-state index >= 15 is 0 Å². The molecule has 4 nitrogen and oxygen atoms in total. The van der Waals surface area contributed by atoms with Crippen LogP contribution in [0.4, 0.5) is 0 Å². The number of rotatable bonds is 3. The van der Waals surface area contributed by atoms with E-state index in [1.54, 1.807) is 0 Å². The van der Waals surface area contributed by atoms with E-state index in [4.69, 9.17) is 5.73 Å². The van der Waals surface area contributed by atoms with Crippen molar-refractivity contribution in [2.24, 2.45) is 5.73 Å². The van der Waals surface area contributed by atoms with Crippen LogP contribution in [0.2, 0.25) is 0 Å². The maximum atomic E-state index is 5.54. The lowest BCUT2D eigenvalue weighted by atomic mass is 10.1. The molecule has 14 heavy (non-hydrogen) atoms. The smallest absolute Gasteiger partial charge is 0.0797 e. The number of aromatic nitrogens is 2. The first-order valence-corrected chi connectivity index (χ1v) is 5.33. The van der Waals surface area contributed by atoms with Crippen molar-refractivity contribution in [2.45, 2.75) is 32.4 Å². The Morgan fingerprint density at radius 2 is 2.57 bits per heavy atom. The summed E-state index contributed by atoms with van der Waals surface area (Å²) in [7, 11) is 0. The molecule has 0 radical (unpaired) electrons. The normalized spacial score (nSPS) is 23.1. The van der Waals surface area contributed by atoms with E-state index in [-0.39, 0.29) is 0 Å². The van der Waals surface area contributed by atoms with Crippen LogP contribution in [0, 0.1) is 0 Å². The number of nitrogens with one attached hydrogen (secondary N) is 1. The van der Waals surface area contributed by atoms with Crippen molar-refractivity contribution in [3.8, 4) is 0 Å². The fourth-order valence-electron chi connectivity index (χ4n) is 2.19. The summed E-state index contributed by atoms with van der Waals surface area (Å²) in [5.74, 6) is 0. The van der Waals surface area contributed by atoms with Crippen molar-refractivity contribution < 1.29 is 0 Å². The van der Waals surface area contributed by atoms with Crippen molar-refractivity contribution in [3.63, 3.8) is 0 Å². The lowest BCUT2D eigenvalue weighted by Crippen LogP contribution is -2.22. The van der Waals surface area contributed by atoms with E-state index in [1.807, 2.05) is 0 Å². The Bertz CT molecular complexity index is 294. The minimum atomic E-state index is 0.511. The summed E-state index contributed by atoms with van der Waals surface area (Å²) in [5, 5.41) is 7.30. The summed E-state index contributed by atoms with van der Waals surface area (Å²) < 4.78 is 0. The highest BCUT2D eigenvalue weighted by molar-refractivity contribution is 5.13. The van der Waals surface area contributed by atoms with Crippen LogP contribution in [0.1, 0.15) is 37.2 Å². The number of nitrogens with zero attached hydrogens (tertiary/aromatic N) is 2. The van der Waals surface area contributed by atoms with Gasteiger partial charge in [0.25, 0.3) is 0 Å². The van der Waals surface area contributed by atoms with Crippen LogP contribution in [-0.2, 0) is 6.54 Å². The van der Waals surface area contributed by atoms with E-state index in [9.17, 15) is 0 Å². The molecule has 0 spiro atoms. The Balaban J connectivity index is 2.13. The van der Waals surface area contributed by atoms with Gasteiger partial charge < -0.3 is 5.73 Å². The van der Waals surface area contributed by atoms with Crippen LogP contribution in [0.5, 0.6) is 0 Å². The van der Waals surface area contributed by atoms with Crippen molar-refractivity contribution >= 4 is 0 Å². The predicted octanol–water partition coefficient (Wildman–Crippen LogP) is 1.03. The molecule has 1 aliphatic rings. The van der Waals surface area contributed by atoms with Gasteiger partial charge in [0.1, 0.15) is 0 Å². The summed E-state index contributed by atoms with van der Waals surface area (Å²) in [4.78, 5) is 2.47. The maximum absolute atomic E-state index is 5.54. The Hall–Kier alpha value is -0.870. The third-order valence-electron chi connectivity index (χ3n) is 2.98. The molecule has 0 bridgehead atoms. The summed E-state index contributed by atoms with van der Waals surface area (Å²) in [5.41, 5.74) is 7.73. The zero-order valence-electron chi connectivity index (χ0n) is 8.66. The van der Waals surface area contributed by atoms with Gasteiger partial charge in [-0.1, -0.05) is 6.92 Å². The third kappa shape index (κ3) is 1.67. The molecule has 1 atom stereocenters. The Kier molecular flexibility index (Phi) is 2.84. The van der Waals surface area contributed by atoms with Crippen LogP contribution in [0.15, 0.2) is 6.07 Å². The van der Waals surface area contributed by atoms with E-state index in [2.05, 4.69) is 28.1 Å². The molecular formula is C10H18N4.